The first-order chi connectivity index (χ1) is 8.56. The van der Waals surface area contributed by atoms with Crippen molar-refractivity contribution in [1.29, 1.82) is 0 Å². The molecule has 1 saturated heterocycles. The van der Waals surface area contributed by atoms with E-state index in [0.717, 1.165) is 0 Å². The van der Waals surface area contributed by atoms with E-state index in [4.69, 9.17) is 15.6 Å². The molecule has 100 valence electrons. The number of hydrogen-bond acceptors (Lipinski definition) is 5. The van der Waals surface area contributed by atoms with E-state index in [9.17, 15) is 9.18 Å². The summed E-state index contributed by atoms with van der Waals surface area (Å²) >= 11 is 0. The van der Waals surface area contributed by atoms with Crippen LogP contribution in [-0.4, -0.2) is 33.5 Å². The predicted octanol–water partition coefficient (Wildman–Crippen LogP) is 0.00580. The van der Waals surface area contributed by atoms with Crippen LogP contribution in [0.3, 0.4) is 0 Å². The number of aliphatic hydroxyl groups is 1. The van der Waals surface area contributed by atoms with Crippen molar-refractivity contribution in [3.05, 3.63) is 22.2 Å². The lowest BCUT2D eigenvalue weighted by Crippen LogP contribution is -2.29. The van der Waals surface area contributed by atoms with E-state index in [1.54, 1.807) is 6.20 Å². The first-order valence-corrected chi connectivity index (χ1v) is 5.84. The van der Waals surface area contributed by atoms with Crippen LogP contribution in [0.4, 0.5) is 10.2 Å². The zero-order chi connectivity index (χ0) is 13.3. The Morgan fingerprint density at radius 2 is 2.44 bits per heavy atom. The highest BCUT2D eigenvalue weighted by Crippen LogP contribution is 2.29. The molecule has 3 N–H and O–H groups in total. The summed E-state index contributed by atoms with van der Waals surface area (Å²) in [6, 6.07) is 0. The number of aryl methyl sites for hydroxylation is 1. The molecular weight excluding hydrogens is 241 g/mol. The Morgan fingerprint density at radius 3 is 3.00 bits per heavy atom. The van der Waals surface area contributed by atoms with Gasteiger partial charge in [0, 0.05) is 18.2 Å². The Hall–Kier alpha value is -1.47. The van der Waals surface area contributed by atoms with Gasteiger partial charge in [-0.15, -0.1) is 0 Å². The van der Waals surface area contributed by atoms with Crippen molar-refractivity contribution in [3.63, 3.8) is 0 Å². The lowest BCUT2D eigenvalue weighted by atomic mass is 10.2. The van der Waals surface area contributed by atoms with E-state index in [1.807, 2.05) is 6.92 Å². The van der Waals surface area contributed by atoms with Crippen molar-refractivity contribution < 1.29 is 14.2 Å². The van der Waals surface area contributed by atoms with Gasteiger partial charge in [-0.25, -0.2) is 9.18 Å². The fourth-order valence-electron chi connectivity index (χ4n) is 2.02. The number of halogens is 1. The molecule has 1 aliphatic rings. The number of nitrogens with zero attached hydrogens (tertiary/aromatic N) is 2. The molecule has 0 amide bonds. The quantitative estimate of drug-likeness (QED) is 0.795. The van der Waals surface area contributed by atoms with Gasteiger partial charge >= 0.3 is 5.69 Å². The summed E-state index contributed by atoms with van der Waals surface area (Å²) in [4.78, 5) is 15.4. The summed E-state index contributed by atoms with van der Waals surface area (Å²) in [5.74, 6) is 0.187. The van der Waals surface area contributed by atoms with Crippen LogP contribution in [0.15, 0.2) is 11.0 Å². The van der Waals surface area contributed by atoms with Crippen LogP contribution < -0.4 is 11.4 Å². The fourth-order valence-corrected chi connectivity index (χ4v) is 2.02. The highest BCUT2D eigenvalue weighted by molar-refractivity contribution is 5.36. The Labute approximate surface area is 103 Å². The number of aliphatic hydroxyl groups excluding tert-OH is 1. The number of alkyl halides is 1. The molecular formula is C11H16FN3O3. The molecule has 0 bridgehead atoms. The molecule has 3 atom stereocenters. The van der Waals surface area contributed by atoms with E-state index in [2.05, 4.69) is 4.98 Å². The minimum atomic E-state index is -1.28. The maximum atomic E-state index is 13.5. The van der Waals surface area contributed by atoms with Crippen molar-refractivity contribution in [2.24, 2.45) is 0 Å². The fraction of sp³-hybridized carbons (Fsp3) is 0.636. The molecule has 0 radical (unpaired) electrons. The zero-order valence-electron chi connectivity index (χ0n) is 10.0. The lowest BCUT2D eigenvalue weighted by molar-refractivity contribution is -0.0356. The van der Waals surface area contributed by atoms with Crippen LogP contribution in [0.5, 0.6) is 0 Å². The van der Waals surface area contributed by atoms with Crippen LogP contribution in [0.25, 0.3) is 0 Å². The zero-order valence-corrected chi connectivity index (χ0v) is 10.0. The highest BCUT2D eigenvalue weighted by Gasteiger charge is 2.36. The van der Waals surface area contributed by atoms with Gasteiger partial charge in [-0.1, -0.05) is 6.92 Å². The lowest BCUT2D eigenvalue weighted by Gasteiger charge is -2.15. The molecule has 7 heteroatoms. The molecule has 0 unspecified atom stereocenters. The summed E-state index contributed by atoms with van der Waals surface area (Å²) in [6.07, 6.45) is -0.710. The van der Waals surface area contributed by atoms with E-state index in [-0.39, 0.29) is 12.2 Å². The molecule has 2 heterocycles. The van der Waals surface area contributed by atoms with Crippen LogP contribution in [0.1, 0.15) is 25.1 Å². The van der Waals surface area contributed by atoms with Gasteiger partial charge in [0.1, 0.15) is 24.3 Å². The molecule has 1 aromatic rings. The third-order valence-corrected chi connectivity index (χ3v) is 3.09. The predicted molar refractivity (Wildman–Crippen MR) is 62.8 cm³/mol. The van der Waals surface area contributed by atoms with E-state index < -0.39 is 30.8 Å². The van der Waals surface area contributed by atoms with Crippen LogP contribution in [-0.2, 0) is 11.2 Å². The molecule has 1 aromatic heterocycles. The normalized spacial score (nSPS) is 27.6. The van der Waals surface area contributed by atoms with Gasteiger partial charge in [-0.2, -0.15) is 4.98 Å². The SMILES string of the molecule is CCc1cn([C@H]2C[C@H](F)[C@@H](CO)O2)c(=O)nc1N. The number of anilines is 1. The molecule has 0 spiro atoms. The van der Waals surface area contributed by atoms with Crippen molar-refractivity contribution >= 4 is 5.82 Å². The number of aromatic nitrogens is 2. The summed E-state index contributed by atoms with van der Waals surface area (Å²) in [5, 5.41) is 8.93. The Morgan fingerprint density at radius 1 is 1.72 bits per heavy atom. The summed E-state index contributed by atoms with van der Waals surface area (Å²) in [6.45, 7) is 1.47. The number of nitrogens with two attached hydrogens (primary N) is 1. The maximum absolute atomic E-state index is 13.5. The van der Waals surface area contributed by atoms with Crippen LogP contribution >= 0.6 is 0 Å². The van der Waals surface area contributed by atoms with E-state index in [1.165, 1.54) is 4.57 Å². The maximum Gasteiger partial charge on any atom is 0.351 e. The Balaban J connectivity index is 2.32. The third kappa shape index (κ3) is 2.23. The summed E-state index contributed by atoms with van der Waals surface area (Å²) < 4.78 is 20.0. The van der Waals surface area contributed by atoms with Crippen molar-refractivity contribution in [1.82, 2.24) is 9.55 Å². The second-order valence-corrected chi connectivity index (χ2v) is 4.26. The van der Waals surface area contributed by atoms with Crippen molar-refractivity contribution in [3.8, 4) is 0 Å². The van der Waals surface area contributed by atoms with Gasteiger partial charge < -0.3 is 15.6 Å². The Kier molecular flexibility index (Phi) is 3.63. The largest absolute Gasteiger partial charge is 0.394 e. The summed E-state index contributed by atoms with van der Waals surface area (Å²) in [7, 11) is 0. The van der Waals surface area contributed by atoms with Gasteiger partial charge in [0.2, 0.25) is 0 Å². The average molecular weight is 257 g/mol. The van der Waals surface area contributed by atoms with Gasteiger partial charge in [0.25, 0.3) is 0 Å². The minimum Gasteiger partial charge on any atom is -0.394 e. The molecule has 2 rings (SSSR count). The van der Waals surface area contributed by atoms with Gasteiger partial charge in [-0.3, -0.25) is 4.57 Å². The monoisotopic (exact) mass is 257 g/mol. The standard InChI is InChI=1S/C11H16FN3O3/c1-2-6-4-15(11(17)14-10(6)13)9-3-7(12)8(5-16)18-9/h4,7-9,16H,2-3,5H2,1H3,(H2,13,14,17)/t7-,8+,9+/m0/s1. The number of ether oxygens (including phenoxy) is 1. The molecule has 1 fully saturated rings. The molecule has 1 aliphatic heterocycles. The second-order valence-electron chi connectivity index (χ2n) is 4.26. The molecule has 0 saturated carbocycles. The van der Waals surface area contributed by atoms with Crippen LogP contribution in [0, 0.1) is 0 Å². The molecule has 18 heavy (non-hydrogen) atoms. The smallest absolute Gasteiger partial charge is 0.351 e. The number of hydrogen-bond donors (Lipinski definition) is 2. The molecule has 0 aromatic carbocycles. The van der Waals surface area contributed by atoms with Gasteiger partial charge in [0.05, 0.1) is 6.61 Å². The molecule has 6 nitrogen and oxygen atoms in total. The topological polar surface area (TPSA) is 90.4 Å². The van der Waals surface area contributed by atoms with Gasteiger partial charge in [0.15, 0.2) is 0 Å². The van der Waals surface area contributed by atoms with E-state index in [0.29, 0.717) is 12.0 Å². The highest BCUT2D eigenvalue weighted by atomic mass is 19.1. The van der Waals surface area contributed by atoms with Gasteiger partial charge in [-0.05, 0) is 6.42 Å². The third-order valence-electron chi connectivity index (χ3n) is 3.09. The number of rotatable bonds is 3. The Bertz CT molecular complexity index is 491. The van der Waals surface area contributed by atoms with Crippen molar-refractivity contribution in [2.75, 3.05) is 12.3 Å². The van der Waals surface area contributed by atoms with Crippen LogP contribution in [0.2, 0.25) is 0 Å². The van der Waals surface area contributed by atoms with Crippen molar-refractivity contribution in [2.45, 2.75) is 38.3 Å². The number of nitrogen functional groups attached to an aromatic ring is 1. The second kappa shape index (κ2) is 5.03. The first kappa shape index (κ1) is 13.0. The average Bonchev–Trinajstić information content (AvgIpc) is 2.70. The molecule has 0 aliphatic carbocycles. The minimum absolute atomic E-state index is 0.0277. The first-order valence-electron chi connectivity index (χ1n) is 5.84. The van der Waals surface area contributed by atoms with E-state index >= 15 is 0 Å². The summed E-state index contributed by atoms with van der Waals surface area (Å²) in [5.41, 5.74) is 5.74.